The molecule has 0 amide bonds. The number of hydrogen-bond acceptors (Lipinski definition) is 4. The lowest BCUT2D eigenvalue weighted by Crippen LogP contribution is -2.43. The van der Waals surface area contributed by atoms with Gasteiger partial charge in [0, 0.05) is 37.9 Å². The zero-order valence-electron chi connectivity index (χ0n) is 15.8. The summed E-state index contributed by atoms with van der Waals surface area (Å²) in [6, 6.07) is 0. The molecule has 1 aliphatic carbocycles. The second kappa shape index (κ2) is 12.1. The molecule has 144 valence electrons. The second-order valence-corrected chi connectivity index (χ2v) is 7.71. The van der Waals surface area contributed by atoms with Crippen LogP contribution in [0, 0.1) is 5.41 Å². The quantitative estimate of drug-likeness (QED) is 0.243. The molecule has 0 saturated heterocycles. The van der Waals surface area contributed by atoms with Crippen LogP contribution in [0.1, 0.15) is 55.8 Å². The SMILES string of the molecule is CCOCCC1(CNC(=NC)NCc2ncc(CC)s2)CCCC1.I. The first-order valence-electron chi connectivity index (χ1n) is 9.17. The lowest BCUT2D eigenvalue weighted by atomic mass is 9.83. The van der Waals surface area contributed by atoms with E-state index in [4.69, 9.17) is 4.74 Å². The molecule has 0 aromatic carbocycles. The van der Waals surface area contributed by atoms with Crippen LogP contribution in [-0.4, -0.2) is 37.7 Å². The normalized spacial score (nSPS) is 16.5. The van der Waals surface area contributed by atoms with Gasteiger partial charge in [-0.2, -0.15) is 0 Å². The van der Waals surface area contributed by atoms with Crippen LogP contribution in [-0.2, 0) is 17.7 Å². The first kappa shape index (κ1) is 22.6. The average Bonchev–Trinajstić information content (AvgIpc) is 3.25. The Balaban J connectivity index is 0.00000312. The number of hydrogen-bond donors (Lipinski definition) is 2. The number of rotatable bonds is 9. The van der Waals surface area contributed by atoms with Crippen LogP contribution in [0.3, 0.4) is 0 Å². The molecule has 25 heavy (non-hydrogen) atoms. The van der Waals surface area contributed by atoms with E-state index in [-0.39, 0.29) is 24.0 Å². The van der Waals surface area contributed by atoms with Crippen molar-refractivity contribution in [3.8, 4) is 0 Å². The molecule has 2 N–H and O–H groups in total. The highest BCUT2D eigenvalue weighted by atomic mass is 127. The van der Waals surface area contributed by atoms with Crippen LogP contribution in [0.25, 0.3) is 0 Å². The lowest BCUT2D eigenvalue weighted by Gasteiger charge is -2.30. The van der Waals surface area contributed by atoms with Crippen molar-refractivity contribution in [1.82, 2.24) is 15.6 Å². The molecule has 0 atom stereocenters. The molecule has 1 saturated carbocycles. The number of halogens is 1. The van der Waals surface area contributed by atoms with Gasteiger partial charge in [-0.25, -0.2) is 4.98 Å². The Bertz CT molecular complexity index is 515. The summed E-state index contributed by atoms with van der Waals surface area (Å²) in [5.74, 6) is 0.867. The summed E-state index contributed by atoms with van der Waals surface area (Å²) in [5, 5.41) is 8.03. The fraction of sp³-hybridized carbons (Fsp3) is 0.778. The molecular weight excluding hydrogens is 447 g/mol. The fourth-order valence-corrected chi connectivity index (χ4v) is 4.12. The van der Waals surface area contributed by atoms with E-state index >= 15 is 0 Å². The molecule has 0 bridgehead atoms. The van der Waals surface area contributed by atoms with E-state index in [0.717, 1.165) is 50.1 Å². The van der Waals surface area contributed by atoms with Crippen molar-refractivity contribution >= 4 is 41.3 Å². The van der Waals surface area contributed by atoms with Crippen LogP contribution in [0.5, 0.6) is 0 Å². The zero-order chi connectivity index (χ0) is 17.3. The third kappa shape index (κ3) is 7.38. The zero-order valence-corrected chi connectivity index (χ0v) is 18.9. The maximum absolute atomic E-state index is 5.59. The van der Waals surface area contributed by atoms with E-state index in [9.17, 15) is 0 Å². The predicted octanol–water partition coefficient (Wildman–Crippen LogP) is 3.98. The number of thiazole rings is 1. The number of nitrogens with one attached hydrogen (secondary N) is 2. The van der Waals surface area contributed by atoms with Gasteiger partial charge in [-0.15, -0.1) is 35.3 Å². The first-order chi connectivity index (χ1) is 11.7. The van der Waals surface area contributed by atoms with Gasteiger partial charge in [-0.1, -0.05) is 19.8 Å². The Morgan fingerprint density at radius 1 is 1.32 bits per heavy atom. The number of aromatic nitrogens is 1. The highest BCUT2D eigenvalue weighted by Crippen LogP contribution is 2.40. The van der Waals surface area contributed by atoms with E-state index < -0.39 is 0 Å². The maximum atomic E-state index is 5.59. The molecular formula is C18H33IN4OS. The fourth-order valence-electron chi connectivity index (χ4n) is 3.32. The van der Waals surface area contributed by atoms with Crippen molar-refractivity contribution in [3.05, 3.63) is 16.1 Å². The van der Waals surface area contributed by atoms with Gasteiger partial charge in [0.25, 0.3) is 0 Å². The van der Waals surface area contributed by atoms with Crippen LogP contribution in [0.2, 0.25) is 0 Å². The Hall–Kier alpha value is -0.410. The monoisotopic (exact) mass is 480 g/mol. The first-order valence-corrected chi connectivity index (χ1v) is 9.99. The lowest BCUT2D eigenvalue weighted by molar-refractivity contribution is 0.105. The van der Waals surface area contributed by atoms with E-state index in [1.165, 1.54) is 30.6 Å². The molecule has 1 heterocycles. The molecule has 0 unspecified atom stereocenters. The summed E-state index contributed by atoms with van der Waals surface area (Å²) in [4.78, 5) is 10.1. The van der Waals surface area contributed by atoms with Gasteiger partial charge in [0.2, 0.25) is 0 Å². The predicted molar refractivity (Wildman–Crippen MR) is 117 cm³/mol. The summed E-state index contributed by atoms with van der Waals surface area (Å²) in [6.45, 7) is 7.60. The Kier molecular flexibility index (Phi) is 10.9. The molecule has 2 rings (SSSR count). The van der Waals surface area contributed by atoms with Crippen molar-refractivity contribution < 1.29 is 4.74 Å². The number of aliphatic imine (C=N–C) groups is 1. The standard InChI is InChI=1S/C18H32N4OS.HI/c1-4-15-12-20-16(24-15)13-21-17(19-3)22-14-18(8-6-7-9-18)10-11-23-5-2;/h12H,4-11,13-14H2,1-3H3,(H2,19,21,22);1H. The Labute approximate surface area is 173 Å². The molecule has 1 fully saturated rings. The number of nitrogens with zero attached hydrogens (tertiary/aromatic N) is 2. The highest BCUT2D eigenvalue weighted by molar-refractivity contribution is 14.0. The van der Waals surface area contributed by atoms with Crippen molar-refractivity contribution in [1.29, 1.82) is 0 Å². The molecule has 7 heteroatoms. The summed E-state index contributed by atoms with van der Waals surface area (Å²) in [6.07, 6.45) is 9.40. The minimum atomic E-state index is 0. The molecule has 5 nitrogen and oxygen atoms in total. The number of aryl methyl sites for hydroxylation is 1. The summed E-state index contributed by atoms with van der Waals surface area (Å²) in [5.41, 5.74) is 0.364. The minimum absolute atomic E-state index is 0. The van der Waals surface area contributed by atoms with Crippen LogP contribution < -0.4 is 10.6 Å². The van der Waals surface area contributed by atoms with Gasteiger partial charge in [-0.3, -0.25) is 4.99 Å². The molecule has 0 aliphatic heterocycles. The molecule has 1 aliphatic rings. The summed E-state index contributed by atoms with van der Waals surface area (Å²) >= 11 is 1.77. The van der Waals surface area contributed by atoms with Gasteiger partial charge in [-0.05, 0) is 38.0 Å². The largest absolute Gasteiger partial charge is 0.382 e. The van der Waals surface area contributed by atoms with Gasteiger partial charge in [0.1, 0.15) is 5.01 Å². The van der Waals surface area contributed by atoms with Crippen LogP contribution >= 0.6 is 35.3 Å². The third-order valence-electron chi connectivity index (χ3n) is 4.86. The van der Waals surface area contributed by atoms with Crippen LogP contribution in [0.4, 0.5) is 0 Å². The van der Waals surface area contributed by atoms with Crippen molar-refractivity contribution in [3.63, 3.8) is 0 Å². The van der Waals surface area contributed by atoms with Gasteiger partial charge in [0.05, 0.1) is 6.54 Å². The average molecular weight is 480 g/mol. The van der Waals surface area contributed by atoms with Crippen molar-refractivity contribution in [2.24, 2.45) is 10.4 Å². The Morgan fingerprint density at radius 2 is 2.08 bits per heavy atom. The van der Waals surface area contributed by atoms with E-state index in [0.29, 0.717) is 5.41 Å². The molecule has 0 spiro atoms. The van der Waals surface area contributed by atoms with Gasteiger partial charge in [0.15, 0.2) is 5.96 Å². The van der Waals surface area contributed by atoms with E-state index in [1.54, 1.807) is 11.3 Å². The Morgan fingerprint density at radius 3 is 2.68 bits per heavy atom. The van der Waals surface area contributed by atoms with E-state index in [1.807, 2.05) is 13.2 Å². The van der Waals surface area contributed by atoms with Crippen LogP contribution in [0.15, 0.2) is 11.2 Å². The molecule has 1 aromatic rings. The number of guanidine groups is 1. The topological polar surface area (TPSA) is 58.5 Å². The maximum Gasteiger partial charge on any atom is 0.191 e. The number of ether oxygens (including phenoxy) is 1. The minimum Gasteiger partial charge on any atom is -0.382 e. The van der Waals surface area contributed by atoms with E-state index in [2.05, 4.69) is 34.5 Å². The van der Waals surface area contributed by atoms with Gasteiger partial charge >= 0.3 is 0 Å². The van der Waals surface area contributed by atoms with Gasteiger partial charge < -0.3 is 15.4 Å². The summed E-state index contributed by atoms with van der Waals surface area (Å²) in [7, 11) is 1.83. The third-order valence-corrected chi connectivity index (χ3v) is 6.00. The molecule has 0 radical (unpaired) electrons. The van der Waals surface area contributed by atoms with Crippen molar-refractivity contribution in [2.45, 2.75) is 58.9 Å². The summed E-state index contributed by atoms with van der Waals surface area (Å²) < 4.78 is 5.59. The second-order valence-electron chi connectivity index (χ2n) is 6.51. The van der Waals surface area contributed by atoms with Crippen molar-refractivity contribution in [2.75, 3.05) is 26.8 Å². The molecule has 1 aromatic heterocycles. The highest BCUT2D eigenvalue weighted by Gasteiger charge is 2.33. The smallest absolute Gasteiger partial charge is 0.191 e.